The van der Waals surface area contributed by atoms with E-state index in [2.05, 4.69) is 9.97 Å². The van der Waals surface area contributed by atoms with Gasteiger partial charge in [-0.3, -0.25) is 0 Å². The molecule has 2 rings (SSSR count). The van der Waals surface area contributed by atoms with Crippen LogP contribution in [0, 0.1) is 0 Å². The highest BCUT2D eigenvalue weighted by Crippen LogP contribution is 1.98. The van der Waals surface area contributed by atoms with Crippen LogP contribution in [0.3, 0.4) is 0 Å². The Labute approximate surface area is 77.8 Å². The van der Waals surface area contributed by atoms with Gasteiger partial charge in [0.05, 0.1) is 0 Å². The second-order valence-electron chi connectivity index (χ2n) is 2.11. The molecule has 4 N–H and O–H groups in total. The molecule has 13 heavy (non-hydrogen) atoms. The summed E-state index contributed by atoms with van der Waals surface area (Å²) in [4.78, 5) is 5.11. The van der Waals surface area contributed by atoms with Gasteiger partial charge in [-0.15, -0.1) is 0 Å². The molecule has 2 aromatic rings. The van der Waals surface area contributed by atoms with Crippen molar-refractivity contribution in [3.63, 3.8) is 0 Å². The third-order valence-corrected chi connectivity index (χ3v) is 1.16. The standard InChI is InChI=1S/2C4H5NO.B/c2*6-4-2-1-3-5-4;/h2*1-3,5-6H;. The second kappa shape index (κ2) is 5.82. The lowest BCUT2D eigenvalue weighted by molar-refractivity contribution is 0.456. The zero-order valence-electron chi connectivity index (χ0n) is 6.94. The van der Waals surface area contributed by atoms with Crippen molar-refractivity contribution >= 4 is 8.41 Å². The number of nitrogens with one attached hydrogen (secondary N) is 2. The lowest BCUT2D eigenvalue weighted by Crippen LogP contribution is -1.51. The van der Waals surface area contributed by atoms with E-state index in [0.29, 0.717) is 0 Å². The van der Waals surface area contributed by atoms with Crippen LogP contribution in [0.1, 0.15) is 0 Å². The average molecular weight is 177 g/mol. The molecule has 0 amide bonds. The Morgan fingerprint density at radius 1 is 0.846 bits per heavy atom. The van der Waals surface area contributed by atoms with Gasteiger partial charge >= 0.3 is 0 Å². The molecule has 0 aromatic carbocycles. The molecule has 67 valence electrons. The minimum atomic E-state index is 0. The summed E-state index contributed by atoms with van der Waals surface area (Å²) in [6.07, 6.45) is 3.32. The van der Waals surface area contributed by atoms with Crippen LogP contribution in [0.15, 0.2) is 36.7 Å². The first-order valence-corrected chi connectivity index (χ1v) is 3.44. The molecule has 4 nitrogen and oxygen atoms in total. The van der Waals surface area contributed by atoms with E-state index >= 15 is 0 Å². The molecule has 0 aliphatic rings. The number of hydrogen-bond donors (Lipinski definition) is 4. The van der Waals surface area contributed by atoms with E-state index in [0.717, 1.165) is 0 Å². The van der Waals surface area contributed by atoms with Gasteiger partial charge in [0.1, 0.15) is 0 Å². The molecule has 3 radical (unpaired) electrons. The third kappa shape index (κ3) is 4.63. The predicted molar refractivity (Wildman–Crippen MR) is 50.7 cm³/mol. The average Bonchev–Trinajstić information content (AvgIpc) is 2.63. The largest absolute Gasteiger partial charge is 0.495 e. The second-order valence-corrected chi connectivity index (χ2v) is 2.11. The van der Waals surface area contributed by atoms with Crippen molar-refractivity contribution in [3.8, 4) is 11.8 Å². The van der Waals surface area contributed by atoms with Gasteiger partial charge in [0.25, 0.3) is 0 Å². The molecule has 0 spiro atoms. The maximum atomic E-state index is 8.42. The van der Waals surface area contributed by atoms with E-state index < -0.39 is 0 Å². The van der Waals surface area contributed by atoms with Crippen LogP contribution in [-0.4, -0.2) is 28.6 Å². The monoisotopic (exact) mass is 177 g/mol. The van der Waals surface area contributed by atoms with Gasteiger partial charge in [-0.25, -0.2) is 0 Å². The Hall–Kier alpha value is -1.78. The summed E-state index contributed by atoms with van der Waals surface area (Å²) in [7, 11) is 0. The van der Waals surface area contributed by atoms with Gasteiger partial charge in [0.2, 0.25) is 0 Å². The van der Waals surface area contributed by atoms with E-state index in [-0.39, 0.29) is 20.2 Å². The molecule has 0 saturated carbocycles. The summed E-state index contributed by atoms with van der Waals surface area (Å²) >= 11 is 0. The van der Waals surface area contributed by atoms with E-state index in [4.69, 9.17) is 10.2 Å². The smallest absolute Gasteiger partial charge is 0.188 e. The summed E-state index contributed by atoms with van der Waals surface area (Å²) in [6, 6.07) is 6.63. The Bertz CT molecular complexity index is 260. The van der Waals surface area contributed by atoms with E-state index in [1.165, 1.54) is 0 Å². The molecule has 0 aliphatic carbocycles. The first kappa shape index (κ1) is 11.2. The quantitative estimate of drug-likeness (QED) is 0.454. The van der Waals surface area contributed by atoms with Gasteiger partial charge < -0.3 is 20.2 Å². The van der Waals surface area contributed by atoms with Crippen molar-refractivity contribution in [2.45, 2.75) is 0 Å². The number of aromatic hydroxyl groups is 2. The minimum absolute atomic E-state index is 0. The summed E-state index contributed by atoms with van der Waals surface area (Å²) in [6.45, 7) is 0. The van der Waals surface area contributed by atoms with Crippen molar-refractivity contribution in [2.24, 2.45) is 0 Å². The summed E-state index contributed by atoms with van der Waals surface area (Å²) in [5, 5.41) is 16.8. The van der Waals surface area contributed by atoms with Crippen LogP contribution in [-0.2, 0) is 0 Å². The van der Waals surface area contributed by atoms with E-state index in [1.807, 2.05) is 0 Å². The van der Waals surface area contributed by atoms with Gasteiger partial charge in [0, 0.05) is 20.8 Å². The fraction of sp³-hybridized carbons (Fsp3) is 0. The molecule has 0 unspecified atom stereocenters. The molecule has 0 aliphatic heterocycles. The Balaban J connectivity index is 0.000000206. The Morgan fingerprint density at radius 3 is 1.31 bits per heavy atom. The highest BCUT2D eigenvalue weighted by Gasteiger charge is 1.76. The van der Waals surface area contributed by atoms with Crippen molar-refractivity contribution in [1.82, 2.24) is 9.97 Å². The molecular formula is C8H10BN2O2. The van der Waals surface area contributed by atoms with Crippen LogP contribution in [0.5, 0.6) is 11.8 Å². The number of rotatable bonds is 0. The van der Waals surface area contributed by atoms with Crippen molar-refractivity contribution in [3.05, 3.63) is 36.7 Å². The highest BCUT2D eigenvalue weighted by atomic mass is 16.3. The van der Waals surface area contributed by atoms with Crippen LogP contribution in [0.25, 0.3) is 0 Å². The fourth-order valence-corrected chi connectivity index (χ4v) is 0.642. The van der Waals surface area contributed by atoms with Gasteiger partial charge in [0.15, 0.2) is 11.8 Å². The zero-order chi connectivity index (χ0) is 8.81. The predicted octanol–water partition coefficient (Wildman–Crippen LogP) is 1.06. The minimum Gasteiger partial charge on any atom is -0.495 e. The lowest BCUT2D eigenvalue weighted by atomic mass is 10.7. The van der Waals surface area contributed by atoms with Crippen LogP contribution in [0.2, 0.25) is 0 Å². The lowest BCUT2D eigenvalue weighted by Gasteiger charge is -1.71. The molecular weight excluding hydrogens is 167 g/mol. The molecule has 2 aromatic heterocycles. The number of aromatic nitrogens is 2. The topological polar surface area (TPSA) is 72.0 Å². The van der Waals surface area contributed by atoms with Crippen LogP contribution < -0.4 is 0 Å². The molecule has 0 atom stereocenters. The fourth-order valence-electron chi connectivity index (χ4n) is 0.642. The van der Waals surface area contributed by atoms with Gasteiger partial charge in [-0.2, -0.15) is 0 Å². The number of H-pyrrole nitrogens is 2. The normalized spacial score (nSPS) is 8.00. The Kier molecular flexibility index (Phi) is 5.03. The molecule has 0 saturated heterocycles. The first-order valence-electron chi connectivity index (χ1n) is 3.44. The molecule has 2 heterocycles. The zero-order valence-corrected chi connectivity index (χ0v) is 6.94. The summed E-state index contributed by atoms with van der Waals surface area (Å²) in [5.41, 5.74) is 0. The van der Waals surface area contributed by atoms with Gasteiger partial charge in [-0.05, 0) is 24.3 Å². The van der Waals surface area contributed by atoms with Crippen molar-refractivity contribution in [1.29, 1.82) is 0 Å². The maximum Gasteiger partial charge on any atom is 0.188 e. The Morgan fingerprint density at radius 2 is 1.23 bits per heavy atom. The van der Waals surface area contributed by atoms with E-state index in [1.54, 1.807) is 36.7 Å². The molecule has 5 heteroatoms. The summed E-state index contributed by atoms with van der Waals surface area (Å²) in [5.74, 6) is 0.435. The number of aromatic amines is 2. The highest BCUT2D eigenvalue weighted by molar-refractivity contribution is 5.75. The summed E-state index contributed by atoms with van der Waals surface area (Å²) < 4.78 is 0. The van der Waals surface area contributed by atoms with Crippen LogP contribution in [0.4, 0.5) is 0 Å². The van der Waals surface area contributed by atoms with Gasteiger partial charge in [-0.1, -0.05) is 0 Å². The van der Waals surface area contributed by atoms with Crippen molar-refractivity contribution in [2.75, 3.05) is 0 Å². The van der Waals surface area contributed by atoms with E-state index in [9.17, 15) is 0 Å². The third-order valence-electron chi connectivity index (χ3n) is 1.16. The molecule has 0 fully saturated rings. The van der Waals surface area contributed by atoms with Crippen molar-refractivity contribution < 1.29 is 10.2 Å². The van der Waals surface area contributed by atoms with Crippen LogP contribution >= 0.6 is 0 Å². The molecule has 0 bridgehead atoms. The first-order chi connectivity index (χ1) is 5.79. The SMILES string of the molecule is Oc1ccc[nH]1.Oc1ccc[nH]1.[B]. The maximum absolute atomic E-state index is 8.42. The number of hydrogen-bond acceptors (Lipinski definition) is 2.